The Morgan fingerprint density at radius 1 is 1.11 bits per heavy atom. The largest absolute Gasteiger partial charge is 0.322 e. The molecular formula is C17H26N+. The maximum atomic E-state index is 3.80. The second-order valence-corrected chi connectivity index (χ2v) is 6.17. The molecule has 0 N–H and O–H groups in total. The van der Waals surface area contributed by atoms with Crippen molar-refractivity contribution >= 4 is 6.08 Å². The highest BCUT2D eigenvalue weighted by Crippen LogP contribution is 2.27. The van der Waals surface area contributed by atoms with Crippen LogP contribution in [0.2, 0.25) is 0 Å². The number of benzene rings is 1. The zero-order valence-corrected chi connectivity index (χ0v) is 11.9. The van der Waals surface area contributed by atoms with Gasteiger partial charge in [-0.05, 0) is 31.2 Å². The van der Waals surface area contributed by atoms with Crippen molar-refractivity contribution in [1.29, 1.82) is 0 Å². The van der Waals surface area contributed by atoms with Crippen LogP contribution in [0.5, 0.6) is 0 Å². The van der Waals surface area contributed by atoms with E-state index in [1.807, 2.05) is 6.08 Å². The third-order valence-electron chi connectivity index (χ3n) is 4.37. The van der Waals surface area contributed by atoms with E-state index in [0.717, 1.165) is 17.1 Å². The van der Waals surface area contributed by atoms with E-state index >= 15 is 0 Å². The van der Waals surface area contributed by atoms with Gasteiger partial charge in [-0.15, -0.1) is 0 Å². The van der Waals surface area contributed by atoms with E-state index in [4.69, 9.17) is 0 Å². The standard InChI is InChI=1S/C17H26N/c1-4-15-10-12-16(13-11-15)14-18(2,3)17-8-6-5-7-9-17/h4,10-13,17H,1,5-9,14H2,2-3H3/q+1. The number of quaternary nitrogens is 1. The van der Waals surface area contributed by atoms with Crippen LogP contribution in [0.25, 0.3) is 6.08 Å². The van der Waals surface area contributed by atoms with Crippen molar-refractivity contribution in [2.75, 3.05) is 14.1 Å². The zero-order valence-electron chi connectivity index (χ0n) is 11.9. The van der Waals surface area contributed by atoms with Crippen molar-refractivity contribution in [3.8, 4) is 0 Å². The Kier molecular flexibility index (Phi) is 4.23. The summed E-state index contributed by atoms with van der Waals surface area (Å²) in [5.41, 5.74) is 2.65. The number of hydrogen-bond acceptors (Lipinski definition) is 0. The third kappa shape index (κ3) is 3.23. The van der Waals surface area contributed by atoms with Crippen molar-refractivity contribution in [3.05, 3.63) is 42.0 Å². The van der Waals surface area contributed by atoms with Gasteiger partial charge in [0.25, 0.3) is 0 Å². The van der Waals surface area contributed by atoms with Crippen molar-refractivity contribution < 1.29 is 4.48 Å². The lowest BCUT2D eigenvalue weighted by Gasteiger charge is -2.40. The van der Waals surface area contributed by atoms with Crippen LogP contribution < -0.4 is 0 Å². The predicted octanol–water partition coefficient (Wildman–Crippen LogP) is 4.24. The monoisotopic (exact) mass is 244 g/mol. The minimum Gasteiger partial charge on any atom is -0.322 e. The molecule has 0 saturated heterocycles. The summed E-state index contributed by atoms with van der Waals surface area (Å²) in [7, 11) is 4.77. The highest BCUT2D eigenvalue weighted by Gasteiger charge is 2.29. The lowest BCUT2D eigenvalue weighted by molar-refractivity contribution is -0.929. The molecule has 98 valence electrons. The molecule has 0 radical (unpaired) electrons. The van der Waals surface area contributed by atoms with Crippen molar-refractivity contribution in [3.63, 3.8) is 0 Å². The molecule has 0 heterocycles. The summed E-state index contributed by atoms with van der Waals surface area (Å²) in [5.74, 6) is 0. The highest BCUT2D eigenvalue weighted by molar-refractivity contribution is 5.47. The first-order valence-corrected chi connectivity index (χ1v) is 7.16. The van der Waals surface area contributed by atoms with Gasteiger partial charge in [0.1, 0.15) is 6.54 Å². The first kappa shape index (κ1) is 13.4. The van der Waals surface area contributed by atoms with Crippen molar-refractivity contribution in [1.82, 2.24) is 0 Å². The Labute approximate surface area is 112 Å². The summed E-state index contributed by atoms with van der Waals surface area (Å²) < 4.78 is 1.13. The van der Waals surface area contributed by atoms with E-state index in [2.05, 4.69) is 44.9 Å². The minimum atomic E-state index is 0.845. The molecular weight excluding hydrogens is 218 g/mol. The molecule has 0 bridgehead atoms. The molecule has 1 aliphatic rings. The molecule has 0 aliphatic heterocycles. The zero-order chi connectivity index (χ0) is 13.0. The van der Waals surface area contributed by atoms with E-state index in [9.17, 15) is 0 Å². The van der Waals surface area contributed by atoms with E-state index in [1.54, 1.807) is 0 Å². The summed E-state index contributed by atoms with van der Waals surface area (Å²) in [5, 5.41) is 0. The van der Waals surface area contributed by atoms with Crippen LogP contribution in [0.3, 0.4) is 0 Å². The topological polar surface area (TPSA) is 0 Å². The van der Waals surface area contributed by atoms with Crippen LogP contribution in [0, 0.1) is 0 Å². The fraction of sp³-hybridized carbons (Fsp3) is 0.529. The second kappa shape index (κ2) is 5.71. The number of rotatable bonds is 4. The van der Waals surface area contributed by atoms with Gasteiger partial charge >= 0.3 is 0 Å². The van der Waals surface area contributed by atoms with Crippen LogP contribution in [-0.4, -0.2) is 24.6 Å². The Bertz CT molecular complexity index is 383. The summed E-state index contributed by atoms with van der Waals surface area (Å²) in [6.07, 6.45) is 8.98. The molecule has 0 spiro atoms. The van der Waals surface area contributed by atoms with Gasteiger partial charge in [0.05, 0.1) is 20.1 Å². The average Bonchev–Trinajstić information content (AvgIpc) is 2.40. The molecule has 1 heteroatoms. The molecule has 1 saturated carbocycles. The molecule has 1 fully saturated rings. The van der Waals surface area contributed by atoms with Gasteiger partial charge in [-0.3, -0.25) is 0 Å². The number of nitrogens with zero attached hydrogens (tertiary/aromatic N) is 1. The third-order valence-corrected chi connectivity index (χ3v) is 4.37. The molecule has 1 nitrogen and oxygen atoms in total. The molecule has 1 aliphatic carbocycles. The van der Waals surface area contributed by atoms with Gasteiger partial charge in [0, 0.05) is 5.56 Å². The molecule has 1 aromatic rings. The van der Waals surface area contributed by atoms with Crippen LogP contribution in [0.15, 0.2) is 30.8 Å². The van der Waals surface area contributed by atoms with Crippen LogP contribution in [-0.2, 0) is 6.54 Å². The Balaban J connectivity index is 2.03. The Morgan fingerprint density at radius 3 is 2.28 bits per heavy atom. The van der Waals surface area contributed by atoms with Gasteiger partial charge in [-0.25, -0.2) is 0 Å². The Hall–Kier alpha value is -1.08. The molecule has 18 heavy (non-hydrogen) atoms. The van der Waals surface area contributed by atoms with Gasteiger partial charge < -0.3 is 4.48 Å². The van der Waals surface area contributed by atoms with Gasteiger partial charge in [0.15, 0.2) is 0 Å². The highest BCUT2D eigenvalue weighted by atomic mass is 15.3. The molecule has 0 atom stereocenters. The van der Waals surface area contributed by atoms with Crippen LogP contribution in [0.4, 0.5) is 0 Å². The summed E-state index contributed by atoms with van der Waals surface area (Å²) in [6, 6.07) is 9.68. The van der Waals surface area contributed by atoms with Gasteiger partial charge in [-0.1, -0.05) is 43.3 Å². The van der Waals surface area contributed by atoms with Crippen molar-refractivity contribution in [2.45, 2.75) is 44.7 Å². The maximum Gasteiger partial charge on any atom is 0.104 e. The first-order valence-electron chi connectivity index (χ1n) is 7.16. The minimum absolute atomic E-state index is 0.845. The van der Waals surface area contributed by atoms with E-state index in [1.165, 1.54) is 43.2 Å². The van der Waals surface area contributed by atoms with Crippen molar-refractivity contribution in [2.24, 2.45) is 0 Å². The fourth-order valence-electron chi connectivity index (χ4n) is 3.14. The lowest BCUT2D eigenvalue weighted by atomic mass is 9.92. The average molecular weight is 244 g/mol. The second-order valence-electron chi connectivity index (χ2n) is 6.17. The van der Waals surface area contributed by atoms with Crippen LogP contribution >= 0.6 is 0 Å². The van der Waals surface area contributed by atoms with E-state index < -0.39 is 0 Å². The SMILES string of the molecule is C=Cc1ccc(C[N+](C)(C)C2CCCCC2)cc1. The van der Waals surface area contributed by atoms with E-state index in [-0.39, 0.29) is 0 Å². The summed E-state index contributed by atoms with van der Waals surface area (Å²) in [4.78, 5) is 0. The molecule has 2 rings (SSSR count). The fourth-order valence-corrected chi connectivity index (χ4v) is 3.14. The number of hydrogen-bond donors (Lipinski definition) is 0. The smallest absolute Gasteiger partial charge is 0.104 e. The summed E-state index contributed by atoms with van der Waals surface area (Å²) in [6.45, 7) is 4.95. The molecule has 0 unspecified atom stereocenters. The normalized spacial score (nSPS) is 17.7. The quantitative estimate of drug-likeness (QED) is 0.695. The van der Waals surface area contributed by atoms with Crippen LogP contribution in [0.1, 0.15) is 43.2 Å². The van der Waals surface area contributed by atoms with E-state index in [0.29, 0.717) is 0 Å². The van der Waals surface area contributed by atoms with Gasteiger partial charge in [-0.2, -0.15) is 0 Å². The summed E-state index contributed by atoms with van der Waals surface area (Å²) >= 11 is 0. The molecule has 1 aromatic carbocycles. The Morgan fingerprint density at radius 2 is 1.72 bits per heavy atom. The maximum absolute atomic E-state index is 3.80. The first-order chi connectivity index (χ1) is 8.62. The molecule has 0 aromatic heterocycles. The predicted molar refractivity (Wildman–Crippen MR) is 79.2 cm³/mol. The van der Waals surface area contributed by atoms with Gasteiger partial charge in [0.2, 0.25) is 0 Å². The molecule has 0 amide bonds. The lowest BCUT2D eigenvalue weighted by Crippen LogP contribution is -2.48.